The lowest BCUT2D eigenvalue weighted by molar-refractivity contribution is 0.717. The number of rotatable bonds is 3. The molecule has 0 saturated heterocycles. The summed E-state index contributed by atoms with van der Waals surface area (Å²) in [7, 11) is 0. The zero-order chi connectivity index (χ0) is 8.97. The van der Waals surface area contributed by atoms with Crippen LogP contribution in [0.15, 0.2) is 30.3 Å². The Morgan fingerprint density at radius 2 is 1.69 bits per heavy atom. The van der Waals surface area contributed by atoms with E-state index in [0.29, 0.717) is 0 Å². The van der Waals surface area contributed by atoms with E-state index in [2.05, 4.69) is 60.4 Å². The summed E-state index contributed by atoms with van der Waals surface area (Å²) in [6.45, 7) is 0. The van der Waals surface area contributed by atoms with Crippen LogP contribution >= 0.6 is 72.2 Å². The first-order valence-corrected chi connectivity index (χ1v) is 5.82. The smallest absolute Gasteiger partial charge is 0.0911 e. The number of hydrogen-bond donors (Lipinski definition) is 0. The minimum atomic E-state index is 0. The normalized spacial score (nSPS) is 12.3. The van der Waals surface area contributed by atoms with Crippen molar-refractivity contribution in [2.24, 2.45) is 0 Å². The fourth-order valence-corrected chi connectivity index (χ4v) is 1.54. The highest BCUT2D eigenvalue weighted by Crippen LogP contribution is 2.21. The third-order valence-corrected chi connectivity index (χ3v) is 4.28. The highest BCUT2D eigenvalue weighted by atomic mass is 127. The third-order valence-electron chi connectivity index (χ3n) is 1.46. The van der Waals surface area contributed by atoms with Gasteiger partial charge in [0.2, 0.25) is 0 Å². The van der Waals surface area contributed by atoms with Crippen molar-refractivity contribution in [3.63, 3.8) is 0 Å². The molecule has 1 nitrogen and oxygen atoms in total. The van der Waals surface area contributed by atoms with Gasteiger partial charge in [-0.1, -0.05) is 46.3 Å². The van der Waals surface area contributed by atoms with Crippen molar-refractivity contribution in [3.05, 3.63) is 35.9 Å². The monoisotopic (exact) mass is 483 g/mol. The summed E-state index contributed by atoms with van der Waals surface area (Å²) in [4.78, 5) is 0.264. The maximum atomic E-state index is 3.51. The standard InChI is InChI=1S/C8H8Br3N.HI/c9-8(12(10)11)6-7-4-2-1-3-5-7;/h1-5,8H,6H2;1H. The van der Waals surface area contributed by atoms with Gasteiger partial charge >= 0.3 is 0 Å². The minimum Gasteiger partial charge on any atom is -0.164 e. The maximum Gasteiger partial charge on any atom is 0.0911 e. The molecule has 1 atom stereocenters. The Morgan fingerprint density at radius 1 is 1.15 bits per heavy atom. The molecule has 0 aromatic heterocycles. The Hall–Kier alpha value is 1.35. The molecule has 0 heterocycles. The Bertz CT molecular complexity index is 230. The van der Waals surface area contributed by atoms with Gasteiger partial charge in [0.15, 0.2) is 0 Å². The molecule has 0 saturated carbocycles. The Kier molecular flexibility index (Phi) is 8.41. The molecule has 0 amide bonds. The fourth-order valence-electron chi connectivity index (χ4n) is 0.878. The van der Waals surface area contributed by atoms with Crippen molar-refractivity contribution in [1.29, 1.82) is 0 Å². The van der Waals surface area contributed by atoms with Crippen LogP contribution in [0.4, 0.5) is 0 Å². The molecule has 0 aliphatic heterocycles. The fraction of sp³-hybridized carbons (Fsp3) is 0.250. The van der Waals surface area contributed by atoms with Crippen LogP contribution in [0.5, 0.6) is 0 Å². The van der Waals surface area contributed by atoms with Crippen molar-refractivity contribution in [1.82, 2.24) is 2.95 Å². The molecule has 0 radical (unpaired) electrons. The second-order valence-corrected chi connectivity index (χ2v) is 5.92. The first-order chi connectivity index (χ1) is 5.70. The Morgan fingerprint density at radius 3 is 2.15 bits per heavy atom. The van der Waals surface area contributed by atoms with Crippen molar-refractivity contribution in [2.45, 2.75) is 11.4 Å². The molecule has 0 spiro atoms. The van der Waals surface area contributed by atoms with Crippen molar-refractivity contribution in [3.8, 4) is 0 Å². The summed E-state index contributed by atoms with van der Waals surface area (Å²) < 4.78 is 1.78. The molecule has 5 heteroatoms. The quantitative estimate of drug-likeness (QED) is 0.264. The first kappa shape index (κ1) is 14.3. The highest BCUT2D eigenvalue weighted by Gasteiger charge is 2.09. The van der Waals surface area contributed by atoms with Crippen LogP contribution < -0.4 is 0 Å². The molecule has 13 heavy (non-hydrogen) atoms. The molecule has 1 aromatic carbocycles. The number of nitrogens with zero attached hydrogens (tertiary/aromatic N) is 1. The molecule has 74 valence electrons. The van der Waals surface area contributed by atoms with Crippen LogP contribution in [0.3, 0.4) is 0 Å². The SMILES string of the molecule is BrC(Cc1ccccc1)N(Br)Br.I. The number of alkyl halides is 1. The molecular weight excluding hydrogens is 477 g/mol. The van der Waals surface area contributed by atoms with E-state index in [1.54, 1.807) is 2.95 Å². The average Bonchev–Trinajstić information content (AvgIpc) is 2.06. The van der Waals surface area contributed by atoms with Gasteiger partial charge in [0.25, 0.3) is 0 Å². The van der Waals surface area contributed by atoms with E-state index in [0.717, 1.165) is 6.42 Å². The zero-order valence-electron chi connectivity index (χ0n) is 6.66. The molecule has 0 N–H and O–H groups in total. The van der Waals surface area contributed by atoms with Gasteiger partial charge in [0, 0.05) is 32.3 Å². The number of benzene rings is 1. The maximum absolute atomic E-state index is 3.51. The predicted molar refractivity (Wildman–Crippen MR) is 78.0 cm³/mol. The summed E-state index contributed by atoms with van der Waals surface area (Å²) >= 11 is 10.1. The summed E-state index contributed by atoms with van der Waals surface area (Å²) in [5.41, 5.74) is 1.31. The molecule has 1 rings (SSSR count). The molecule has 1 aromatic rings. The van der Waals surface area contributed by atoms with E-state index in [1.807, 2.05) is 18.2 Å². The van der Waals surface area contributed by atoms with Crippen LogP contribution in [0.25, 0.3) is 0 Å². The minimum absolute atomic E-state index is 0. The second-order valence-electron chi connectivity index (χ2n) is 2.38. The Labute approximate surface area is 121 Å². The second kappa shape index (κ2) is 7.62. The van der Waals surface area contributed by atoms with Gasteiger partial charge in [-0.15, -0.1) is 24.0 Å². The van der Waals surface area contributed by atoms with E-state index in [9.17, 15) is 0 Å². The van der Waals surface area contributed by atoms with Gasteiger partial charge in [-0.3, -0.25) is 0 Å². The summed E-state index contributed by atoms with van der Waals surface area (Å²) in [6.07, 6.45) is 0.956. The van der Waals surface area contributed by atoms with Gasteiger partial charge in [-0.2, -0.15) is 2.95 Å². The predicted octanol–water partition coefficient (Wildman–Crippen LogP) is 4.49. The number of hydrogen-bond acceptors (Lipinski definition) is 1. The van der Waals surface area contributed by atoms with Crippen LogP contribution in [0, 0.1) is 0 Å². The summed E-state index contributed by atoms with van der Waals surface area (Å²) in [5.74, 6) is 0. The van der Waals surface area contributed by atoms with Crippen molar-refractivity contribution >= 4 is 72.2 Å². The molecule has 1 unspecified atom stereocenters. The Balaban J connectivity index is 0.00000144. The van der Waals surface area contributed by atoms with Crippen LogP contribution in [0.1, 0.15) is 5.56 Å². The first-order valence-electron chi connectivity index (χ1n) is 3.49. The van der Waals surface area contributed by atoms with Crippen molar-refractivity contribution in [2.75, 3.05) is 0 Å². The van der Waals surface area contributed by atoms with Gasteiger partial charge < -0.3 is 0 Å². The summed E-state index contributed by atoms with van der Waals surface area (Å²) in [6, 6.07) is 10.3. The van der Waals surface area contributed by atoms with E-state index >= 15 is 0 Å². The lowest BCUT2D eigenvalue weighted by atomic mass is 10.2. The molecule has 0 aliphatic rings. The average molecular weight is 486 g/mol. The number of halogens is 4. The molecular formula is C8H9Br3IN. The highest BCUT2D eigenvalue weighted by molar-refractivity contribution is 14.0. The van der Waals surface area contributed by atoms with E-state index in [1.165, 1.54) is 5.56 Å². The topological polar surface area (TPSA) is 3.24 Å². The van der Waals surface area contributed by atoms with Gasteiger partial charge in [-0.25, -0.2) is 0 Å². The van der Waals surface area contributed by atoms with Crippen LogP contribution in [0.2, 0.25) is 0 Å². The van der Waals surface area contributed by atoms with Gasteiger partial charge in [0.1, 0.15) is 0 Å². The van der Waals surface area contributed by atoms with Crippen LogP contribution in [-0.4, -0.2) is 7.90 Å². The van der Waals surface area contributed by atoms with E-state index in [4.69, 9.17) is 0 Å². The largest absolute Gasteiger partial charge is 0.164 e. The van der Waals surface area contributed by atoms with Crippen molar-refractivity contribution < 1.29 is 0 Å². The molecule has 0 fully saturated rings. The van der Waals surface area contributed by atoms with E-state index < -0.39 is 0 Å². The van der Waals surface area contributed by atoms with E-state index in [-0.39, 0.29) is 28.9 Å². The summed E-state index contributed by atoms with van der Waals surface area (Å²) in [5, 5.41) is 0. The van der Waals surface area contributed by atoms with Gasteiger partial charge in [-0.05, 0) is 12.0 Å². The van der Waals surface area contributed by atoms with Crippen LogP contribution in [-0.2, 0) is 6.42 Å². The lowest BCUT2D eigenvalue weighted by Crippen LogP contribution is -2.12. The van der Waals surface area contributed by atoms with Gasteiger partial charge in [0.05, 0.1) is 4.95 Å². The lowest BCUT2D eigenvalue weighted by Gasteiger charge is -2.12. The molecule has 0 aliphatic carbocycles. The third kappa shape index (κ3) is 5.71. The molecule has 0 bridgehead atoms. The zero-order valence-corrected chi connectivity index (χ0v) is 13.7.